The molecule has 8 heteroatoms. The number of nitrogens with one attached hydrogen (secondary N) is 1. The fourth-order valence-electron chi connectivity index (χ4n) is 3.06. The van der Waals surface area contributed by atoms with E-state index >= 15 is 0 Å². The molecule has 1 aliphatic heterocycles. The molecule has 0 bridgehead atoms. The van der Waals surface area contributed by atoms with E-state index in [1.165, 1.54) is 0 Å². The fourth-order valence-corrected chi connectivity index (χ4v) is 3.19. The predicted molar refractivity (Wildman–Crippen MR) is 95.8 cm³/mol. The lowest BCUT2D eigenvalue weighted by Crippen LogP contribution is -2.41. The van der Waals surface area contributed by atoms with Crippen LogP contribution in [0, 0.1) is 5.92 Å². The molecule has 7 nitrogen and oxygen atoms in total. The van der Waals surface area contributed by atoms with Gasteiger partial charge in [-0.2, -0.15) is 4.52 Å². The summed E-state index contributed by atoms with van der Waals surface area (Å²) >= 11 is 5.88. The Morgan fingerprint density at radius 2 is 2.04 bits per heavy atom. The van der Waals surface area contributed by atoms with Crippen LogP contribution in [0.1, 0.15) is 12.8 Å². The lowest BCUT2D eigenvalue weighted by Gasteiger charge is -2.32. The Morgan fingerprint density at radius 3 is 2.88 bits per heavy atom. The van der Waals surface area contributed by atoms with E-state index < -0.39 is 0 Å². The van der Waals surface area contributed by atoms with Crippen molar-refractivity contribution in [1.29, 1.82) is 0 Å². The number of aromatic nitrogens is 4. The van der Waals surface area contributed by atoms with Crippen LogP contribution in [0.5, 0.6) is 0 Å². The Bertz CT molecular complexity index is 894. The van der Waals surface area contributed by atoms with E-state index in [0.717, 1.165) is 30.9 Å². The Morgan fingerprint density at radius 1 is 1.20 bits per heavy atom. The van der Waals surface area contributed by atoms with E-state index in [9.17, 15) is 4.79 Å². The molecule has 0 unspecified atom stereocenters. The van der Waals surface area contributed by atoms with Gasteiger partial charge in [-0.3, -0.25) is 4.79 Å². The van der Waals surface area contributed by atoms with Crippen LogP contribution in [0.4, 0.5) is 11.5 Å². The summed E-state index contributed by atoms with van der Waals surface area (Å²) in [5, 5.41) is 15.9. The van der Waals surface area contributed by atoms with E-state index in [1.807, 2.05) is 24.3 Å². The number of halogens is 1. The van der Waals surface area contributed by atoms with Gasteiger partial charge in [-0.1, -0.05) is 11.6 Å². The monoisotopic (exact) mass is 356 g/mol. The first kappa shape index (κ1) is 15.8. The van der Waals surface area contributed by atoms with Gasteiger partial charge in [0.05, 0.1) is 5.92 Å². The SMILES string of the molecule is O=C(Nc1ccc(Cl)cc1)[C@@H]1CCCN(c2ccc3nncn3n2)C1. The Hall–Kier alpha value is -2.67. The van der Waals surface area contributed by atoms with Crippen molar-refractivity contribution in [2.45, 2.75) is 12.8 Å². The minimum Gasteiger partial charge on any atom is -0.354 e. The van der Waals surface area contributed by atoms with Gasteiger partial charge in [0, 0.05) is 23.8 Å². The summed E-state index contributed by atoms with van der Waals surface area (Å²) in [6.07, 6.45) is 3.39. The van der Waals surface area contributed by atoms with Crippen molar-refractivity contribution in [3.63, 3.8) is 0 Å². The van der Waals surface area contributed by atoms with Crippen LogP contribution in [-0.4, -0.2) is 38.8 Å². The molecule has 1 fully saturated rings. The highest BCUT2D eigenvalue weighted by Crippen LogP contribution is 2.23. The number of rotatable bonds is 3. The lowest BCUT2D eigenvalue weighted by molar-refractivity contribution is -0.120. The van der Waals surface area contributed by atoms with Crippen molar-refractivity contribution < 1.29 is 4.79 Å². The number of carbonyl (C=O) groups excluding carboxylic acids is 1. The van der Waals surface area contributed by atoms with Gasteiger partial charge in [0.1, 0.15) is 12.1 Å². The number of fused-ring (bicyclic) bond motifs is 1. The second-order valence-corrected chi connectivity index (χ2v) is 6.54. The van der Waals surface area contributed by atoms with Crippen molar-refractivity contribution in [3.05, 3.63) is 47.7 Å². The average molecular weight is 357 g/mol. The highest BCUT2D eigenvalue weighted by atomic mass is 35.5. The largest absolute Gasteiger partial charge is 0.354 e. The molecule has 0 saturated carbocycles. The predicted octanol–water partition coefficient (Wildman–Crippen LogP) is 2.63. The van der Waals surface area contributed by atoms with E-state index in [-0.39, 0.29) is 11.8 Å². The van der Waals surface area contributed by atoms with Crippen molar-refractivity contribution in [2.24, 2.45) is 5.92 Å². The molecule has 3 aromatic rings. The highest BCUT2D eigenvalue weighted by Gasteiger charge is 2.26. The maximum atomic E-state index is 12.6. The molecule has 1 N–H and O–H groups in total. The van der Waals surface area contributed by atoms with Gasteiger partial charge >= 0.3 is 0 Å². The third kappa shape index (κ3) is 3.41. The van der Waals surface area contributed by atoms with Gasteiger partial charge < -0.3 is 10.2 Å². The number of carbonyl (C=O) groups is 1. The van der Waals surface area contributed by atoms with Crippen LogP contribution < -0.4 is 10.2 Å². The molecule has 0 radical (unpaired) electrons. The zero-order chi connectivity index (χ0) is 17.2. The minimum atomic E-state index is -0.0807. The molecule has 1 aliphatic rings. The molecule has 128 valence electrons. The molecule has 0 aliphatic carbocycles. The second kappa shape index (κ2) is 6.68. The number of nitrogens with zero attached hydrogens (tertiary/aromatic N) is 5. The van der Waals surface area contributed by atoms with Crippen LogP contribution >= 0.6 is 11.6 Å². The van der Waals surface area contributed by atoms with Gasteiger partial charge in [0.2, 0.25) is 5.91 Å². The van der Waals surface area contributed by atoms with Gasteiger partial charge in [-0.25, -0.2) is 0 Å². The maximum Gasteiger partial charge on any atom is 0.229 e. The maximum absolute atomic E-state index is 12.6. The standard InChI is InChI=1S/C17H17ClN6O/c18-13-3-5-14(6-4-13)20-17(25)12-2-1-9-23(10-12)16-8-7-15-21-19-11-24(15)22-16/h3-8,11-12H,1-2,9-10H2,(H,20,25)/t12-/m1/s1. The quantitative estimate of drug-likeness (QED) is 0.780. The minimum absolute atomic E-state index is 0.0254. The molecule has 1 saturated heterocycles. The first-order valence-corrected chi connectivity index (χ1v) is 8.55. The summed E-state index contributed by atoms with van der Waals surface area (Å²) in [7, 11) is 0. The zero-order valence-electron chi connectivity index (χ0n) is 13.5. The van der Waals surface area contributed by atoms with E-state index in [0.29, 0.717) is 17.2 Å². The third-order valence-electron chi connectivity index (χ3n) is 4.38. The van der Waals surface area contributed by atoms with Gasteiger partial charge in [-0.15, -0.1) is 15.3 Å². The Balaban J connectivity index is 1.46. The van der Waals surface area contributed by atoms with Gasteiger partial charge in [-0.05, 0) is 49.2 Å². The number of benzene rings is 1. The van der Waals surface area contributed by atoms with E-state index in [2.05, 4.69) is 25.5 Å². The topological polar surface area (TPSA) is 75.4 Å². The number of anilines is 2. The molecule has 3 heterocycles. The lowest BCUT2D eigenvalue weighted by atomic mass is 9.97. The van der Waals surface area contributed by atoms with E-state index in [4.69, 9.17) is 11.6 Å². The molecule has 1 atom stereocenters. The Labute approximate surface area is 149 Å². The zero-order valence-corrected chi connectivity index (χ0v) is 14.2. The smallest absolute Gasteiger partial charge is 0.229 e. The number of hydrogen-bond acceptors (Lipinski definition) is 5. The van der Waals surface area contributed by atoms with Crippen molar-refractivity contribution in [1.82, 2.24) is 19.8 Å². The van der Waals surface area contributed by atoms with Crippen molar-refractivity contribution in [3.8, 4) is 0 Å². The van der Waals surface area contributed by atoms with Crippen LogP contribution in [0.2, 0.25) is 5.02 Å². The summed E-state index contributed by atoms with van der Waals surface area (Å²) in [4.78, 5) is 14.7. The molecular weight excluding hydrogens is 340 g/mol. The third-order valence-corrected chi connectivity index (χ3v) is 4.63. The van der Waals surface area contributed by atoms with Crippen LogP contribution in [0.3, 0.4) is 0 Å². The molecular formula is C17H17ClN6O. The summed E-state index contributed by atoms with van der Waals surface area (Å²) in [5.41, 5.74) is 1.47. The van der Waals surface area contributed by atoms with Crippen LogP contribution in [0.15, 0.2) is 42.7 Å². The van der Waals surface area contributed by atoms with Crippen LogP contribution in [0.25, 0.3) is 5.65 Å². The molecule has 2 aromatic heterocycles. The van der Waals surface area contributed by atoms with E-state index in [1.54, 1.807) is 23.0 Å². The summed E-state index contributed by atoms with van der Waals surface area (Å²) in [6.45, 7) is 1.52. The summed E-state index contributed by atoms with van der Waals surface area (Å²) in [6, 6.07) is 11.0. The fraction of sp³-hybridized carbons (Fsp3) is 0.294. The summed E-state index contributed by atoms with van der Waals surface area (Å²) in [5.74, 6) is 0.775. The first-order chi connectivity index (χ1) is 12.2. The molecule has 0 spiro atoms. The number of piperidine rings is 1. The number of amides is 1. The van der Waals surface area contributed by atoms with Gasteiger partial charge in [0.25, 0.3) is 0 Å². The molecule has 4 rings (SSSR count). The van der Waals surface area contributed by atoms with Crippen molar-refractivity contribution >= 4 is 34.7 Å². The van der Waals surface area contributed by atoms with Crippen LogP contribution in [-0.2, 0) is 4.79 Å². The highest BCUT2D eigenvalue weighted by molar-refractivity contribution is 6.30. The van der Waals surface area contributed by atoms with Crippen molar-refractivity contribution in [2.75, 3.05) is 23.3 Å². The average Bonchev–Trinajstić information content (AvgIpc) is 3.11. The van der Waals surface area contributed by atoms with Gasteiger partial charge in [0.15, 0.2) is 5.65 Å². The summed E-state index contributed by atoms with van der Waals surface area (Å²) < 4.78 is 1.65. The normalized spacial score (nSPS) is 17.6. The molecule has 1 aromatic carbocycles. The molecule has 1 amide bonds. The molecule has 25 heavy (non-hydrogen) atoms. The second-order valence-electron chi connectivity index (χ2n) is 6.11. The Kier molecular flexibility index (Phi) is 4.23. The first-order valence-electron chi connectivity index (χ1n) is 8.17. The number of hydrogen-bond donors (Lipinski definition) is 1.